The predicted octanol–water partition coefficient (Wildman–Crippen LogP) is 4.43. The van der Waals surface area contributed by atoms with Gasteiger partial charge in [-0.15, -0.1) is 0 Å². The van der Waals surface area contributed by atoms with Crippen molar-refractivity contribution in [2.24, 2.45) is 5.92 Å². The fourth-order valence-corrected chi connectivity index (χ4v) is 3.04. The van der Waals surface area contributed by atoms with E-state index >= 15 is 0 Å². The maximum absolute atomic E-state index is 13.9. The van der Waals surface area contributed by atoms with E-state index < -0.39 is 17.6 Å². The van der Waals surface area contributed by atoms with E-state index in [1.54, 1.807) is 0 Å². The lowest BCUT2D eigenvalue weighted by Gasteiger charge is -2.29. The van der Waals surface area contributed by atoms with E-state index in [-0.39, 0.29) is 17.3 Å². The molecule has 0 atom stereocenters. The van der Waals surface area contributed by atoms with Crippen LogP contribution < -0.4 is 5.32 Å². The summed E-state index contributed by atoms with van der Waals surface area (Å²) >= 11 is 0. The predicted molar refractivity (Wildman–Crippen MR) is 77.6 cm³/mol. The molecule has 1 aromatic rings. The second-order valence-electron chi connectivity index (χ2n) is 5.77. The Morgan fingerprint density at radius 1 is 1.24 bits per heavy atom. The molecule has 0 saturated heterocycles. The third-order valence-electron chi connectivity index (χ3n) is 4.18. The average Bonchev–Trinajstić information content (AvgIpc) is 2.44. The first-order valence-corrected chi connectivity index (χ1v) is 7.50. The van der Waals surface area contributed by atoms with Crippen molar-refractivity contribution in [2.75, 3.05) is 5.32 Å². The van der Waals surface area contributed by atoms with Crippen LogP contribution >= 0.6 is 0 Å². The molecule has 1 aliphatic rings. The van der Waals surface area contributed by atoms with Crippen LogP contribution in [0, 0.1) is 17.6 Å². The van der Waals surface area contributed by atoms with Crippen LogP contribution in [0.15, 0.2) is 12.1 Å². The molecular formula is C16H21F2NO2. The Hall–Kier alpha value is -1.65. The number of carbonyl (C=O) groups is 1. The maximum Gasteiger partial charge on any atom is 0.335 e. The van der Waals surface area contributed by atoms with Gasteiger partial charge in [0.05, 0.1) is 5.56 Å². The van der Waals surface area contributed by atoms with Crippen LogP contribution in [0.1, 0.15) is 55.8 Å². The minimum Gasteiger partial charge on any atom is -0.478 e. The van der Waals surface area contributed by atoms with Crippen LogP contribution in [0.5, 0.6) is 0 Å². The van der Waals surface area contributed by atoms with Gasteiger partial charge in [0.15, 0.2) is 0 Å². The Morgan fingerprint density at radius 3 is 2.29 bits per heavy atom. The van der Waals surface area contributed by atoms with Crippen molar-refractivity contribution in [2.45, 2.75) is 51.5 Å². The summed E-state index contributed by atoms with van der Waals surface area (Å²) < 4.78 is 27.7. The Bertz CT molecular complexity index is 488. The Balaban J connectivity index is 2.02. The number of rotatable bonds is 5. The third-order valence-corrected chi connectivity index (χ3v) is 4.18. The summed E-state index contributed by atoms with van der Waals surface area (Å²) in [5, 5.41) is 11.7. The summed E-state index contributed by atoms with van der Waals surface area (Å²) in [4.78, 5) is 10.8. The number of carboxylic acids is 1. The Kier molecular flexibility index (Phi) is 5.15. The summed E-state index contributed by atoms with van der Waals surface area (Å²) in [7, 11) is 0. The molecule has 0 spiro atoms. The topological polar surface area (TPSA) is 49.3 Å². The van der Waals surface area contributed by atoms with Crippen molar-refractivity contribution in [3.05, 3.63) is 29.3 Å². The van der Waals surface area contributed by atoms with Crippen LogP contribution in [0.2, 0.25) is 0 Å². The number of aromatic carboxylic acids is 1. The molecule has 0 aliphatic heterocycles. The molecule has 2 N–H and O–H groups in total. The molecule has 116 valence electrons. The van der Waals surface area contributed by atoms with E-state index in [1.807, 2.05) is 0 Å². The number of halogens is 2. The summed E-state index contributed by atoms with van der Waals surface area (Å²) in [6.45, 7) is 2.17. The maximum atomic E-state index is 13.9. The van der Waals surface area contributed by atoms with Crippen molar-refractivity contribution in [1.82, 2.24) is 0 Å². The fraction of sp³-hybridized carbons (Fsp3) is 0.562. The van der Waals surface area contributed by atoms with E-state index in [4.69, 9.17) is 5.11 Å². The van der Waals surface area contributed by atoms with E-state index in [0.29, 0.717) is 0 Å². The van der Waals surface area contributed by atoms with Gasteiger partial charge in [-0.3, -0.25) is 0 Å². The van der Waals surface area contributed by atoms with Gasteiger partial charge in [0.25, 0.3) is 0 Å². The lowest BCUT2D eigenvalue weighted by atomic mass is 9.83. The average molecular weight is 297 g/mol. The molecule has 0 heterocycles. The molecule has 0 unspecified atom stereocenters. The number of hydrogen-bond acceptors (Lipinski definition) is 2. The number of nitrogens with one attached hydrogen (secondary N) is 1. The highest BCUT2D eigenvalue weighted by molar-refractivity contribution is 5.88. The molecule has 2 rings (SSSR count). The van der Waals surface area contributed by atoms with Gasteiger partial charge in [0, 0.05) is 6.04 Å². The molecule has 3 nitrogen and oxygen atoms in total. The van der Waals surface area contributed by atoms with E-state index in [2.05, 4.69) is 12.2 Å². The lowest BCUT2D eigenvalue weighted by molar-refractivity contribution is 0.0696. The fourth-order valence-electron chi connectivity index (χ4n) is 3.04. The highest BCUT2D eigenvalue weighted by Gasteiger charge is 2.23. The van der Waals surface area contributed by atoms with Crippen molar-refractivity contribution in [3.8, 4) is 0 Å². The zero-order chi connectivity index (χ0) is 15.4. The van der Waals surface area contributed by atoms with Crippen LogP contribution in [-0.2, 0) is 0 Å². The SMILES string of the molecule is CCCC1CCC(Nc2c(F)cc(C(=O)O)cc2F)CC1. The largest absolute Gasteiger partial charge is 0.478 e. The minimum absolute atomic E-state index is 0.0535. The standard InChI is InChI=1S/C16H21F2NO2/c1-2-3-10-4-6-12(7-5-10)19-15-13(17)8-11(16(20)21)9-14(15)18/h8-10,12,19H,2-7H2,1H3,(H,20,21). The van der Waals surface area contributed by atoms with Crippen LogP contribution in [0.3, 0.4) is 0 Å². The van der Waals surface area contributed by atoms with Gasteiger partial charge in [-0.1, -0.05) is 19.8 Å². The lowest BCUT2D eigenvalue weighted by Crippen LogP contribution is -2.27. The van der Waals surface area contributed by atoms with Gasteiger partial charge in [-0.2, -0.15) is 0 Å². The summed E-state index contributed by atoms with van der Waals surface area (Å²) in [6.07, 6.45) is 6.31. The molecule has 1 saturated carbocycles. The Morgan fingerprint density at radius 2 is 1.81 bits per heavy atom. The monoisotopic (exact) mass is 297 g/mol. The van der Waals surface area contributed by atoms with Crippen molar-refractivity contribution in [1.29, 1.82) is 0 Å². The van der Waals surface area contributed by atoms with Crippen molar-refractivity contribution in [3.63, 3.8) is 0 Å². The molecule has 0 aromatic heterocycles. The third kappa shape index (κ3) is 3.93. The molecular weight excluding hydrogens is 276 g/mol. The number of hydrogen-bond donors (Lipinski definition) is 2. The molecule has 21 heavy (non-hydrogen) atoms. The van der Waals surface area contributed by atoms with Crippen molar-refractivity contribution >= 4 is 11.7 Å². The Labute approximate surface area is 123 Å². The summed E-state index contributed by atoms with van der Waals surface area (Å²) in [5.74, 6) is -2.30. The van der Waals surface area contributed by atoms with Gasteiger partial charge < -0.3 is 10.4 Å². The van der Waals surface area contributed by atoms with Crippen LogP contribution in [0.4, 0.5) is 14.5 Å². The van der Waals surface area contributed by atoms with Gasteiger partial charge in [-0.25, -0.2) is 13.6 Å². The zero-order valence-corrected chi connectivity index (χ0v) is 12.2. The first kappa shape index (κ1) is 15.7. The highest BCUT2D eigenvalue weighted by Crippen LogP contribution is 2.31. The second-order valence-corrected chi connectivity index (χ2v) is 5.77. The molecule has 0 amide bonds. The number of carboxylic acid groups (broad SMARTS) is 1. The van der Waals surface area contributed by atoms with Crippen LogP contribution in [-0.4, -0.2) is 17.1 Å². The summed E-state index contributed by atoms with van der Waals surface area (Å²) in [5.41, 5.74) is -0.582. The number of benzene rings is 1. The smallest absolute Gasteiger partial charge is 0.335 e. The normalized spacial score (nSPS) is 22.0. The molecule has 0 radical (unpaired) electrons. The van der Waals surface area contributed by atoms with Crippen molar-refractivity contribution < 1.29 is 18.7 Å². The molecule has 1 aromatic carbocycles. The zero-order valence-electron chi connectivity index (χ0n) is 12.2. The van der Waals surface area contributed by atoms with E-state index in [1.165, 1.54) is 12.8 Å². The van der Waals surface area contributed by atoms with Gasteiger partial charge in [0.2, 0.25) is 0 Å². The quantitative estimate of drug-likeness (QED) is 0.845. The highest BCUT2D eigenvalue weighted by atomic mass is 19.1. The number of anilines is 1. The molecule has 0 bridgehead atoms. The molecule has 1 aliphatic carbocycles. The first-order chi connectivity index (χ1) is 10.0. The van der Waals surface area contributed by atoms with Gasteiger partial charge in [-0.05, 0) is 43.7 Å². The van der Waals surface area contributed by atoms with E-state index in [9.17, 15) is 13.6 Å². The summed E-state index contributed by atoms with van der Waals surface area (Å²) in [6, 6.07) is 1.77. The van der Waals surface area contributed by atoms with Crippen LogP contribution in [0.25, 0.3) is 0 Å². The second kappa shape index (κ2) is 6.87. The van der Waals surface area contributed by atoms with E-state index in [0.717, 1.165) is 43.7 Å². The van der Waals surface area contributed by atoms with Gasteiger partial charge in [0.1, 0.15) is 17.3 Å². The molecule has 5 heteroatoms. The first-order valence-electron chi connectivity index (χ1n) is 7.50. The minimum atomic E-state index is -1.33. The van der Waals surface area contributed by atoms with Gasteiger partial charge >= 0.3 is 5.97 Å². The molecule has 1 fully saturated rings.